The Morgan fingerprint density at radius 2 is 2.24 bits per heavy atom. The zero-order valence-corrected chi connectivity index (χ0v) is 9.53. The Balaban J connectivity index is 2.62. The topological polar surface area (TPSA) is 84.3 Å². The number of carbonyl (C=O) groups excluding carboxylic acids is 1. The van der Waals surface area contributed by atoms with Gasteiger partial charge < -0.3 is 10.6 Å². The number of nitrogens with one attached hydrogen (secondary N) is 2. The maximum Gasteiger partial charge on any atom is 0.319 e. The summed E-state index contributed by atoms with van der Waals surface area (Å²) in [7, 11) is 0. The Kier molecular flexibility index (Phi) is 4.47. The molecule has 0 bridgehead atoms. The Hall–Kier alpha value is -2.08. The largest absolute Gasteiger partial charge is 0.333 e. The molecule has 0 saturated carbocycles. The van der Waals surface area contributed by atoms with Crippen LogP contribution in [0.4, 0.5) is 16.2 Å². The molecule has 0 fully saturated rings. The number of nitro benzene ring substituents is 1. The zero-order valence-electron chi connectivity index (χ0n) is 8.77. The van der Waals surface area contributed by atoms with E-state index in [1.54, 1.807) is 6.07 Å². The molecule has 1 aromatic rings. The molecular formula is C10H10ClN3O3. The van der Waals surface area contributed by atoms with E-state index >= 15 is 0 Å². The lowest BCUT2D eigenvalue weighted by molar-refractivity contribution is -0.384. The number of non-ortho nitro benzene ring substituents is 1. The van der Waals surface area contributed by atoms with E-state index < -0.39 is 11.0 Å². The van der Waals surface area contributed by atoms with Crippen molar-refractivity contribution in [3.05, 3.63) is 46.0 Å². The van der Waals surface area contributed by atoms with E-state index in [1.807, 2.05) is 0 Å². The summed E-state index contributed by atoms with van der Waals surface area (Å²) in [6.07, 6.45) is 0. The maximum atomic E-state index is 11.3. The number of benzene rings is 1. The van der Waals surface area contributed by atoms with E-state index in [0.717, 1.165) is 0 Å². The van der Waals surface area contributed by atoms with E-state index in [-0.39, 0.29) is 12.2 Å². The average Bonchev–Trinajstić information content (AvgIpc) is 2.26. The first kappa shape index (κ1) is 13.0. The molecule has 0 radical (unpaired) electrons. The molecule has 17 heavy (non-hydrogen) atoms. The minimum Gasteiger partial charge on any atom is -0.333 e. The first-order valence-corrected chi connectivity index (χ1v) is 4.99. The van der Waals surface area contributed by atoms with Gasteiger partial charge in [-0.2, -0.15) is 0 Å². The van der Waals surface area contributed by atoms with Crippen LogP contribution in [0.15, 0.2) is 35.9 Å². The van der Waals surface area contributed by atoms with Gasteiger partial charge in [0.2, 0.25) is 0 Å². The van der Waals surface area contributed by atoms with Crippen LogP contribution in [0.25, 0.3) is 0 Å². The molecule has 0 saturated heterocycles. The van der Waals surface area contributed by atoms with Gasteiger partial charge in [-0.1, -0.05) is 24.2 Å². The fraction of sp³-hybridized carbons (Fsp3) is 0.100. The lowest BCUT2D eigenvalue weighted by Gasteiger charge is -2.06. The van der Waals surface area contributed by atoms with E-state index in [0.29, 0.717) is 10.7 Å². The number of rotatable bonds is 4. The van der Waals surface area contributed by atoms with Crippen LogP contribution in [0.1, 0.15) is 0 Å². The predicted octanol–water partition coefficient (Wildman–Crippen LogP) is 2.47. The number of hydrogen-bond donors (Lipinski definition) is 2. The summed E-state index contributed by atoms with van der Waals surface area (Å²) in [4.78, 5) is 21.3. The van der Waals surface area contributed by atoms with E-state index in [9.17, 15) is 14.9 Å². The monoisotopic (exact) mass is 255 g/mol. The third kappa shape index (κ3) is 4.52. The summed E-state index contributed by atoms with van der Waals surface area (Å²) in [6.45, 7) is 3.53. The van der Waals surface area contributed by atoms with Crippen LogP contribution in [-0.4, -0.2) is 17.5 Å². The lowest BCUT2D eigenvalue weighted by Crippen LogP contribution is -2.29. The highest BCUT2D eigenvalue weighted by Gasteiger charge is 2.07. The smallest absolute Gasteiger partial charge is 0.319 e. The predicted molar refractivity (Wildman–Crippen MR) is 65.1 cm³/mol. The summed E-state index contributed by atoms with van der Waals surface area (Å²) < 4.78 is 0. The summed E-state index contributed by atoms with van der Waals surface area (Å²) in [6, 6.07) is 5.11. The second-order valence-electron chi connectivity index (χ2n) is 3.13. The number of anilines is 1. The third-order valence-electron chi connectivity index (χ3n) is 1.76. The molecule has 1 aromatic carbocycles. The van der Waals surface area contributed by atoms with E-state index in [1.165, 1.54) is 18.2 Å². The van der Waals surface area contributed by atoms with Crippen LogP contribution in [0.5, 0.6) is 0 Å². The van der Waals surface area contributed by atoms with Gasteiger partial charge in [-0.15, -0.1) is 0 Å². The Morgan fingerprint density at radius 1 is 1.53 bits per heavy atom. The molecule has 0 heterocycles. The molecule has 7 heteroatoms. The van der Waals surface area contributed by atoms with Crippen molar-refractivity contribution in [2.45, 2.75) is 0 Å². The number of nitrogens with zero attached hydrogens (tertiary/aromatic N) is 1. The molecule has 1 rings (SSSR count). The Labute approximate surface area is 102 Å². The van der Waals surface area contributed by atoms with E-state index in [2.05, 4.69) is 17.2 Å². The van der Waals surface area contributed by atoms with Gasteiger partial charge in [-0.3, -0.25) is 10.1 Å². The van der Waals surface area contributed by atoms with Gasteiger partial charge in [0.05, 0.1) is 11.5 Å². The van der Waals surface area contributed by atoms with Crippen molar-refractivity contribution in [3.63, 3.8) is 0 Å². The van der Waals surface area contributed by atoms with Crippen molar-refractivity contribution >= 4 is 29.0 Å². The number of halogens is 1. The molecule has 0 spiro atoms. The van der Waals surface area contributed by atoms with Gasteiger partial charge in [0.25, 0.3) is 5.69 Å². The van der Waals surface area contributed by atoms with Crippen molar-refractivity contribution in [2.24, 2.45) is 0 Å². The van der Waals surface area contributed by atoms with Crippen LogP contribution < -0.4 is 10.6 Å². The standard InChI is InChI=1S/C10H10ClN3O3/c1-7(11)6-12-10(15)13-8-3-2-4-9(5-8)14(16)17/h2-5H,1,6H2,(H2,12,13,15). The highest BCUT2D eigenvalue weighted by Crippen LogP contribution is 2.16. The summed E-state index contributed by atoms with van der Waals surface area (Å²) in [5.41, 5.74) is 0.237. The van der Waals surface area contributed by atoms with Crippen LogP contribution in [-0.2, 0) is 0 Å². The quantitative estimate of drug-likeness (QED) is 0.640. The van der Waals surface area contributed by atoms with Gasteiger partial charge in [0.15, 0.2) is 0 Å². The molecule has 6 nitrogen and oxygen atoms in total. The third-order valence-corrected chi connectivity index (χ3v) is 1.89. The molecule has 90 valence electrons. The molecule has 2 N–H and O–H groups in total. The normalized spacial score (nSPS) is 9.47. The second kappa shape index (κ2) is 5.86. The van der Waals surface area contributed by atoms with Gasteiger partial charge in [-0.25, -0.2) is 4.79 Å². The first-order chi connectivity index (χ1) is 7.99. The number of amides is 2. The number of carbonyl (C=O) groups is 1. The number of nitro groups is 1. The molecule has 0 aliphatic heterocycles. The van der Waals surface area contributed by atoms with Crippen molar-refractivity contribution in [1.29, 1.82) is 0 Å². The fourth-order valence-corrected chi connectivity index (χ4v) is 1.12. The lowest BCUT2D eigenvalue weighted by atomic mass is 10.3. The molecule has 0 atom stereocenters. The average molecular weight is 256 g/mol. The van der Waals surface area contributed by atoms with Gasteiger partial charge in [-0.05, 0) is 6.07 Å². The number of urea groups is 1. The summed E-state index contributed by atoms with van der Waals surface area (Å²) in [5.74, 6) is 0. The Morgan fingerprint density at radius 3 is 2.82 bits per heavy atom. The minimum absolute atomic E-state index is 0.0930. The first-order valence-electron chi connectivity index (χ1n) is 4.61. The SMILES string of the molecule is C=C(Cl)CNC(=O)Nc1cccc([N+](=O)[O-])c1. The molecule has 2 amide bonds. The molecular weight excluding hydrogens is 246 g/mol. The van der Waals surface area contributed by atoms with Gasteiger partial charge >= 0.3 is 6.03 Å². The second-order valence-corrected chi connectivity index (χ2v) is 3.67. The van der Waals surface area contributed by atoms with Crippen LogP contribution in [0.2, 0.25) is 0 Å². The highest BCUT2D eigenvalue weighted by molar-refractivity contribution is 6.29. The van der Waals surface area contributed by atoms with Crippen molar-refractivity contribution in [2.75, 3.05) is 11.9 Å². The van der Waals surface area contributed by atoms with Crippen molar-refractivity contribution < 1.29 is 9.72 Å². The van der Waals surface area contributed by atoms with Crippen molar-refractivity contribution in [3.8, 4) is 0 Å². The molecule has 0 unspecified atom stereocenters. The highest BCUT2D eigenvalue weighted by atomic mass is 35.5. The Bertz CT molecular complexity index is 462. The van der Waals surface area contributed by atoms with E-state index in [4.69, 9.17) is 11.6 Å². The molecule has 0 aromatic heterocycles. The van der Waals surface area contributed by atoms with Crippen LogP contribution in [0, 0.1) is 10.1 Å². The van der Waals surface area contributed by atoms with Crippen molar-refractivity contribution in [1.82, 2.24) is 5.32 Å². The van der Waals surface area contributed by atoms with Crippen LogP contribution >= 0.6 is 11.6 Å². The molecule has 0 aliphatic rings. The van der Waals surface area contributed by atoms with Gasteiger partial charge in [0.1, 0.15) is 0 Å². The number of hydrogen-bond acceptors (Lipinski definition) is 3. The fourth-order valence-electron chi connectivity index (χ4n) is 1.05. The van der Waals surface area contributed by atoms with Gasteiger partial charge in [0, 0.05) is 22.9 Å². The summed E-state index contributed by atoms with van der Waals surface area (Å²) >= 11 is 5.47. The summed E-state index contributed by atoms with van der Waals surface area (Å²) in [5, 5.41) is 15.7. The minimum atomic E-state index is -0.538. The van der Waals surface area contributed by atoms with Crippen LogP contribution in [0.3, 0.4) is 0 Å². The zero-order chi connectivity index (χ0) is 12.8. The molecule has 0 aliphatic carbocycles. The maximum absolute atomic E-state index is 11.3.